The first kappa shape index (κ1) is 19.8. The number of hydrogen-bond acceptors (Lipinski definition) is 5. The summed E-state index contributed by atoms with van der Waals surface area (Å²) in [4.78, 5) is 17.0. The lowest BCUT2D eigenvalue weighted by atomic mass is 10.1. The average molecular weight is 416 g/mol. The van der Waals surface area contributed by atoms with Crippen LogP contribution in [-0.2, 0) is 4.79 Å². The summed E-state index contributed by atoms with van der Waals surface area (Å²) in [6, 6.07) is 21.4. The average Bonchev–Trinajstić information content (AvgIpc) is 3.21. The van der Waals surface area contributed by atoms with E-state index in [1.807, 2.05) is 85.1 Å². The van der Waals surface area contributed by atoms with Crippen LogP contribution in [0, 0.1) is 13.8 Å². The molecule has 0 bridgehead atoms. The number of rotatable bonds is 6. The molecule has 0 saturated heterocycles. The van der Waals surface area contributed by atoms with Crippen molar-refractivity contribution in [3.63, 3.8) is 0 Å². The number of pyridine rings is 1. The molecule has 2 aromatic heterocycles. The van der Waals surface area contributed by atoms with Crippen molar-refractivity contribution in [3.05, 3.63) is 84.1 Å². The standard InChI is InChI=1S/C23H21N5OS/c1-16-9-8-13-19(17(16)2)25-21(29)15-30-23-27-26-22(20-12-6-7-14-24-20)28(23)18-10-4-3-5-11-18/h3-14H,15H2,1-2H3,(H,25,29). The Kier molecular flexibility index (Phi) is 5.90. The number of anilines is 1. The van der Waals surface area contributed by atoms with E-state index in [1.54, 1.807) is 6.20 Å². The van der Waals surface area contributed by atoms with Crippen molar-refractivity contribution >= 4 is 23.4 Å². The molecule has 30 heavy (non-hydrogen) atoms. The molecule has 0 radical (unpaired) electrons. The predicted octanol–water partition coefficient (Wildman–Crippen LogP) is 4.68. The second kappa shape index (κ2) is 8.92. The third kappa shape index (κ3) is 4.26. The molecule has 0 aliphatic carbocycles. The van der Waals surface area contributed by atoms with E-state index in [0.717, 1.165) is 28.2 Å². The highest BCUT2D eigenvalue weighted by Crippen LogP contribution is 2.27. The largest absolute Gasteiger partial charge is 0.325 e. The van der Waals surface area contributed by atoms with Gasteiger partial charge < -0.3 is 5.32 Å². The van der Waals surface area contributed by atoms with Crippen molar-refractivity contribution in [1.29, 1.82) is 0 Å². The highest BCUT2D eigenvalue weighted by Gasteiger charge is 2.18. The van der Waals surface area contributed by atoms with Gasteiger partial charge in [0, 0.05) is 17.6 Å². The van der Waals surface area contributed by atoms with E-state index in [-0.39, 0.29) is 11.7 Å². The molecule has 1 N–H and O–H groups in total. The Bertz CT molecular complexity index is 1160. The molecule has 0 aliphatic heterocycles. The number of nitrogens with zero attached hydrogens (tertiary/aromatic N) is 4. The number of thioether (sulfide) groups is 1. The van der Waals surface area contributed by atoms with Crippen LogP contribution in [0.15, 0.2) is 78.1 Å². The number of carbonyl (C=O) groups is 1. The zero-order chi connectivity index (χ0) is 20.9. The van der Waals surface area contributed by atoms with Gasteiger partial charge in [-0.1, -0.05) is 48.2 Å². The normalized spacial score (nSPS) is 10.7. The lowest BCUT2D eigenvalue weighted by Crippen LogP contribution is -2.15. The van der Waals surface area contributed by atoms with Crippen LogP contribution in [0.3, 0.4) is 0 Å². The highest BCUT2D eigenvalue weighted by atomic mass is 32.2. The summed E-state index contributed by atoms with van der Waals surface area (Å²) in [6.45, 7) is 4.03. The van der Waals surface area contributed by atoms with E-state index in [0.29, 0.717) is 11.0 Å². The zero-order valence-corrected chi connectivity index (χ0v) is 17.6. The molecule has 0 atom stereocenters. The van der Waals surface area contributed by atoms with E-state index < -0.39 is 0 Å². The fourth-order valence-electron chi connectivity index (χ4n) is 3.04. The second-order valence-corrected chi connectivity index (χ2v) is 7.72. The summed E-state index contributed by atoms with van der Waals surface area (Å²) in [7, 11) is 0. The maximum Gasteiger partial charge on any atom is 0.234 e. The van der Waals surface area contributed by atoms with Gasteiger partial charge in [-0.25, -0.2) is 0 Å². The molecule has 2 heterocycles. The smallest absolute Gasteiger partial charge is 0.234 e. The van der Waals surface area contributed by atoms with Crippen molar-refractivity contribution in [3.8, 4) is 17.2 Å². The molecule has 4 aromatic rings. The molecule has 2 aromatic carbocycles. The monoisotopic (exact) mass is 415 g/mol. The third-order valence-electron chi connectivity index (χ3n) is 4.75. The first-order valence-electron chi connectivity index (χ1n) is 9.54. The number of aryl methyl sites for hydroxylation is 1. The number of hydrogen-bond donors (Lipinski definition) is 1. The number of nitrogens with one attached hydrogen (secondary N) is 1. The molecule has 0 unspecified atom stereocenters. The van der Waals surface area contributed by atoms with Gasteiger partial charge in [0.05, 0.1) is 5.75 Å². The molecule has 150 valence electrons. The predicted molar refractivity (Wildman–Crippen MR) is 120 cm³/mol. The van der Waals surface area contributed by atoms with Gasteiger partial charge >= 0.3 is 0 Å². The second-order valence-electron chi connectivity index (χ2n) is 6.78. The van der Waals surface area contributed by atoms with Gasteiger partial charge in [-0.3, -0.25) is 14.3 Å². The summed E-state index contributed by atoms with van der Waals surface area (Å²) in [6.07, 6.45) is 1.73. The number of aromatic nitrogens is 4. The number of benzene rings is 2. The highest BCUT2D eigenvalue weighted by molar-refractivity contribution is 7.99. The molecule has 4 rings (SSSR count). The SMILES string of the molecule is Cc1cccc(NC(=O)CSc2nnc(-c3ccccn3)n2-c2ccccc2)c1C. The Morgan fingerprint density at radius 1 is 0.967 bits per heavy atom. The van der Waals surface area contributed by atoms with Gasteiger partial charge in [-0.05, 0) is 55.3 Å². The van der Waals surface area contributed by atoms with Gasteiger partial charge in [0.2, 0.25) is 5.91 Å². The lowest BCUT2D eigenvalue weighted by molar-refractivity contribution is -0.113. The van der Waals surface area contributed by atoms with Gasteiger partial charge in [-0.2, -0.15) is 0 Å². The summed E-state index contributed by atoms with van der Waals surface area (Å²) in [5, 5.41) is 12.3. The Morgan fingerprint density at radius 3 is 2.53 bits per heavy atom. The van der Waals surface area contributed by atoms with E-state index in [1.165, 1.54) is 11.8 Å². The van der Waals surface area contributed by atoms with Crippen molar-refractivity contribution in [1.82, 2.24) is 19.7 Å². The quantitative estimate of drug-likeness (QED) is 0.463. The van der Waals surface area contributed by atoms with Crippen LogP contribution in [0.5, 0.6) is 0 Å². The van der Waals surface area contributed by atoms with Crippen molar-refractivity contribution in [2.75, 3.05) is 11.1 Å². The van der Waals surface area contributed by atoms with Crippen molar-refractivity contribution < 1.29 is 4.79 Å². The minimum Gasteiger partial charge on any atom is -0.325 e. The minimum atomic E-state index is -0.0873. The lowest BCUT2D eigenvalue weighted by Gasteiger charge is -2.11. The molecule has 0 spiro atoms. The maximum absolute atomic E-state index is 12.6. The fourth-order valence-corrected chi connectivity index (χ4v) is 3.79. The van der Waals surface area contributed by atoms with Gasteiger partial charge in [0.25, 0.3) is 0 Å². The van der Waals surface area contributed by atoms with Gasteiger partial charge in [-0.15, -0.1) is 10.2 Å². The molecule has 6 nitrogen and oxygen atoms in total. The molecule has 1 amide bonds. The minimum absolute atomic E-state index is 0.0873. The van der Waals surface area contributed by atoms with Crippen LogP contribution >= 0.6 is 11.8 Å². The van der Waals surface area contributed by atoms with Crippen molar-refractivity contribution in [2.45, 2.75) is 19.0 Å². The van der Waals surface area contributed by atoms with Crippen LogP contribution in [0.4, 0.5) is 5.69 Å². The summed E-state index contributed by atoms with van der Waals surface area (Å²) < 4.78 is 1.93. The molecular weight excluding hydrogens is 394 g/mol. The summed E-state index contributed by atoms with van der Waals surface area (Å²) >= 11 is 1.34. The molecular formula is C23H21N5OS. The van der Waals surface area contributed by atoms with Crippen LogP contribution in [0.25, 0.3) is 17.2 Å². The van der Waals surface area contributed by atoms with E-state index in [9.17, 15) is 4.79 Å². The van der Waals surface area contributed by atoms with E-state index in [4.69, 9.17) is 0 Å². The number of carbonyl (C=O) groups excluding carboxylic acids is 1. The van der Waals surface area contributed by atoms with Crippen LogP contribution < -0.4 is 5.32 Å². The molecule has 0 saturated carbocycles. The van der Waals surface area contributed by atoms with Crippen LogP contribution in [-0.4, -0.2) is 31.4 Å². The first-order valence-corrected chi connectivity index (χ1v) is 10.5. The van der Waals surface area contributed by atoms with Crippen LogP contribution in [0.2, 0.25) is 0 Å². The molecule has 7 heteroatoms. The van der Waals surface area contributed by atoms with E-state index >= 15 is 0 Å². The topological polar surface area (TPSA) is 72.7 Å². The maximum atomic E-state index is 12.6. The van der Waals surface area contributed by atoms with Crippen molar-refractivity contribution in [2.24, 2.45) is 0 Å². The Labute approximate surface area is 179 Å². The Morgan fingerprint density at radius 2 is 1.77 bits per heavy atom. The summed E-state index contributed by atoms with van der Waals surface area (Å²) in [5.41, 5.74) is 4.69. The number of amides is 1. The third-order valence-corrected chi connectivity index (χ3v) is 5.68. The summed E-state index contributed by atoms with van der Waals surface area (Å²) in [5.74, 6) is 0.774. The Hall–Kier alpha value is -3.45. The van der Waals surface area contributed by atoms with Gasteiger partial charge in [0.1, 0.15) is 5.69 Å². The van der Waals surface area contributed by atoms with E-state index in [2.05, 4.69) is 20.5 Å². The first-order chi connectivity index (χ1) is 14.6. The fraction of sp³-hybridized carbons (Fsp3) is 0.130. The zero-order valence-electron chi connectivity index (χ0n) is 16.7. The molecule has 0 aliphatic rings. The van der Waals surface area contributed by atoms with Gasteiger partial charge in [0.15, 0.2) is 11.0 Å². The Balaban J connectivity index is 1.58. The number of para-hydroxylation sites is 1. The van der Waals surface area contributed by atoms with Crippen LogP contribution in [0.1, 0.15) is 11.1 Å². The molecule has 0 fully saturated rings.